The molecule has 0 unspecified atom stereocenters. The van der Waals surface area contributed by atoms with Crippen LogP contribution in [0.2, 0.25) is 0 Å². The Morgan fingerprint density at radius 3 is 2.62 bits per heavy atom. The van der Waals surface area contributed by atoms with Gasteiger partial charge in [-0.15, -0.1) is 0 Å². The molecule has 0 spiro atoms. The van der Waals surface area contributed by atoms with E-state index in [1.54, 1.807) is 13.2 Å². The molecule has 136 valence electrons. The number of hydrogen-bond acceptors (Lipinski definition) is 5. The highest BCUT2D eigenvalue weighted by Gasteiger charge is 2.19. The minimum atomic E-state index is -0.152. The maximum atomic E-state index is 11.0. The number of hydrogen-bond donors (Lipinski definition) is 2. The third kappa shape index (κ3) is 7.48. The van der Waals surface area contributed by atoms with Crippen LogP contribution in [-0.4, -0.2) is 37.6 Å². The summed E-state index contributed by atoms with van der Waals surface area (Å²) in [7, 11) is 3.14. The summed E-state index contributed by atoms with van der Waals surface area (Å²) in [5.74, 6) is 2.06. The van der Waals surface area contributed by atoms with E-state index in [1.165, 1.54) is 7.11 Å². The summed E-state index contributed by atoms with van der Waals surface area (Å²) in [6.07, 6.45) is 5.02. The molecule has 24 heavy (non-hydrogen) atoms. The predicted molar refractivity (Wildman–Crippen MR) is 93.9 cm³/mol. The first-order valence-corrected chi connectivity index (χ1v) is 8.33. The Morgan fingerprint density at radius 1 is 1.29 bits per heavy atom. The van der Waals surface area contributed by atoms with Crippen LogP contribution < -0.4 is 10.6 Å². The van der Waals surface area contributed by atoms with E-state index in [4.69, 9.17) is 4.42 Å². The minimum Gasteiger partial charge on any atom is -0.469 e. The molecule has 2 N–H and O–H groups in total. The topological polar surface area (TPSA) is 88.8 Å². The smallest absolute Gasteiger partial charge is 0.305 e. The standard InChI is InChI=1S/C17H30N4O3/c1-17(2,3)13-11-20-14(24-13)12-21-16(18-4)19-10-8-6-7-9-15(22)23-5/h11H,6-10,12H2,1-5H3,(H2,18,19,21). The molecule has 0 radical (unpaired) electrons. The van der Waals surface area contributed by atoms with Crippen LogP contribution in [0.5, 0.6) is 0 Å². The zero-order valence-electron chi connectivity index (χ0n) is 15.4. The van der Waals surface area contributed by atoms with Gasteiger partial charge in [-0.25, -0.2) is 4.98 Å². The van der Waals surface area contributed by atoms with Gasteiger partial charge in [-0.2, -0.15) is 0 Å². The van der Waals surface area contributed by atoms with E-state index in [-0.39, 0.29) is 11.4 Å². The minimum absolute atomic E-state index is 0.0463. The van der Waals surface area contributed by atoms with Crippen molar-refractivity contribution in [1.29, 1.82) is 0 Å². The van der Waals surface area contributed by atoms with Gasteiger partial charge >= 0.3 is 5.97 Å². The first kappa shape index (κ1) is 20.0. The van der Waals surface area contributed by atoms with E-state index in [2.05, 4.69) is 46.1 Å². The lowest BCUT2D eigenvalue weighted by molar-refractivity contribution is -0.140. The van der Waals surface area contributed by atoms with Gasteiger partial charge in [0.15, 0.2) is 5.96 Å². The van der Waals surface area contributed by atoms with E-state index in [9.17, 15) is 4.79 Å². The number of unbranched alkanes of at least 4 members (excludes halogenated alkanes) is 2. The van der Waals surface area contributed by atoms with E-state index in [0.29, 0.717) is 24.8 Å². The van der Waals surface area contributed by atoms with Crippen LogP contribution >= 0.6 is 0 Å². The van der Waals surface area contributed by atoms with Crippen molar-refractivity contribution in [2.45, 2.75) is 58.4 Å². The molecular formula is C17H30N4O3. The van der Waals surface area contributed by atoms with Crippen molar-refractivity contribution >= 4 is 11.9 Å². The molecule has 0 amide bonds. The van der Waals surface area contributed by atoms with Gasteiger partial charge in [0.05, 0.1) is 19.9 Å². The van der Waals surface area contributed by atoms with Gasteiger partial charge in [-0.3, -0.25) is 9.79 Å². The molecule has 0 fully saturated rings. The fourth-order valence-corrected chi connectivity index (χ4v) is 2.00. The Kier molecular flexibility index (Phi) is 8.29. The van der Waals surface area contributed by atoms with Gasteiger partial charge < -0.3 is 19.8 Å². The summed E-state index contributed by atoms with van der Waals surface area (Å²) in [5, 5.41) is 6.41. The van der Waals surface area contributed by atoms with Crippen molar-refractivity contribution in [3.63, 3.8) is 0 Å². The first-order chi connectivity index (χ1) is 11.4. The third-order valence-electron chi connectivity index (χ3n) is 3.50. The molecule has 0 saturated carbocycles. The molecule has 1 heterocycles. The highest BCUT2D eigenvalue weighted by atomic mass is 16.5. The molecule has 7 nitrogen and oxygen atoms in total. The second kappa shape index (κ2) is 9.95. The molecule has 0 aliphatic heterocycles. The van der Waals surface area contributed by atoms with Gasteiger partial charge in [-0.1, -0.05) is 27.2 Å². The first-order valence-electron chi connectivity index (χ1n) is 8.33. The molecule has 1 aromatic heterocycles. The monoisotopic (exact) mass is 338 g/mol. The Hall–Kier alpha value is -2.05. The number of carbonyl (C=O) groups excluding carboxylic acids is 1. The zero-order valence-corrected chi connectivity index (χ0v) is 15.4. The van der Waals surface area contributed by atoms with Crippen LogP contribution in [0.25, 0.3) is 0 Å². The Balaban J connectivity index is 2.23. The summed E-state index contributed by atoms with van der Waals surface area (Å²) in [4.78, 5) is 19.4. The van der Waals surface area contributed by atoms with Gasteiger partial charge in [0.2, 0.25) is 5.89 Å². The zero-order chi connectivity index (χ0) is 18.0. The molecular weight excluding hydrogens is 308 g/mol. The van der Waals surface area contributed by atoms with Crippen molar-refractivity contribution < 1.29 is 13.9 Å². The van der Waals surface area contributed by atoms with Crippen LogP contribution in [0.1, 0.15) is 58.1 Å². The van der Waals surface area contributed by atoms with Gasteiger partial charge in [0, 0.05) is 25.4 Å². The maximum absolute atomic E-state index is 11.0. The number of carbonyl (C=O) groups is 1. The molecule has 1 rings (SSSR count). The Labute approximate surface area is 144 Å². The number of oxazole rings is 1. The average molecular weight is 338 g/mol. The molecule has 0 aromatic carbocycles. The molecule has 7 heteroatoms. The molecule has 0 aliphatic carbocycles. The summed E-state index contributed by atoms with van der Waals surface area (Å²) in [5.41, 5.74) is -0.0463. The molecule has 0 aliphatic rings. The lowest BCUT2D eigenvalue weighted by Gasteiger charge is -2.13. The fraction of sp³-hybridized carbons (Fsp3) is 0.706. The van der Waals surface area contributed by atoms with Crippen molar-refractivity contribution in [3.8, 4) is 0 Å². The van der Waals surface area contributed by atoms with E-state index >= 15 is 0 Å². The highest BCUT2D eigenvalue weighted by molar-refractivity contribution is 5.79. The van der Waals surface area contributed by atoms with Crippen LogP contribution in [-0.2, 0) is 21.5 Å². The number of guanidine groups is 1. The van der Waals surface area contributed by atoms with Gasteiger partial charge in [0.1, 0.15) is 5.76 Å². The maximum Gasteiger partial charge on any atom is 0.305 e. The number of rotatable bonds is 8. The normalized spacial score (nSPS) is 12.1. The lowest BCUT2D eigenvalue weighted by atomic mass is 9.94. The van der Waals surface area contributed by atoms with E-state index in [1.807, 2.05) is 0 Å². The summed E-state index contributed by atoms with van der Waals surface area (Å²) in [6, 6.07) is 0. The Bertz CT molecular complexity index is 532. The fourth-order valence-electron chi connectivity index (χ4n) is 2.00. The van der Waals surface area contributed by atoms with Crippen molar-refractivity contribution in [3.05, 3.63) is 17.8 Å². The number of esters is 1. The van der Waals surface area contributed by atoms with Gasteiger partial charge in [0.25, 0.3) is 0 Å². The average Bonchev–Trinajstić information content (AvgIpc) is 3.02. The second-order valence-electron chi connectivity index (χ2n) is 6.61. The van der Waals surface area contributed by atoms with Crippen LogP contribution in [0.4, 0.5) is 0 Å². The van der Waals surface area contributed by atoms with Gasteiger partial charge in [-0.05, 0) is 12.8 Å². The van der Waals surface area contributed by atoms with Crippen LogP contribution in [0.3, 0.4) is 0 Å². The third-order valence-corrected chi connectivity index (χ3v) is 3.50. The quantitative estimate of drug-likeness (QED) is 0.327. The largest absolute Gasteiger partial charge is 0.469 e. The number of nitrogens with zero attached hydrogens (tertiary/aromatic N) is 2. The van der Waals surface area contributed by atoms with E-state index in [0.717, 1.165) is 31.6 Å². The predicted octanol–water partition coefficient (Wildman–Crippen LogP) is 2.37. The van der Waals surface area contributed by atoms with E-state index < -0.39 is 0 Å². The molecule has 0 atom stereocenters. The number of aromatic nitrogens is 1. The molecule has 1 aromatic rings. The summed E-state index contributed by atoms with van der Waals surface area (Å²) < 4.78 is 10.3. The summed E-state index contributed by atoms with van der Waals surface area (Å²) in [6.45, 7) is 7.54. The highest BCUT2D eigenvalue weighted by Crippen LogP contribution is 2.22. The number of aliphatic imine (C=N–C) groups is 1. The molecule has 0 saturated heterocycles. The van der Waals surface area contributed by atoms with Crippen molar-refractivity contribution in [2.24, 2.45) is 4.99 Å². The van der Waals surface area contributed by atoms with Crippen LogP contribution in [0, 0.1) is 0 Å². The summed E-state index contributed by atoms with van der Waals surface area (Å²) >= 11 is 0. The van der Waals surface area contributed by atoms with Crippen LogP contribution in [0.15, 0.2) is 15.6 Å². The number of methoxy groups -OCH3 is 1. The Morgan fingerprint density at radius 2 is 2.04 bits per heavy atom. The lowest BCUT2D eigenvalue weighted by Crippen LogP contribution is -2.37. The van der Waals surface area contributed by atoms with Crippen molar-refractivity contribution in [1.82, 2.24) is 15.6 Å². The number of ether oxygens (including phenoxy) is 1. The second-order valence-corrected chi connectivity index (χ2v) is 6.61. The molecule has 0 bridgehead atoms. The number of nitrogens with one attached hydrogen (secondary N) is 2. The van der Waals surface area contributed by atoms with Crippen molar-refractivity contribution in [2.75, 3.05) is 20.7 Å². The SMILES string of the molecule is CN=C(NCCCCCC(=O)OC)NCc1ncc(C(C)(C)C)o1.